The lowest BCUT2D eigenvalue weighted by atomic mass is 10.1. The van der Waals surface area contributed by atoms with Gasteiger partial charge in [0, 0.05) is 12.6 Å². The zero-order valence-electron chi connectivity index (χ0n) is 11.3. The first-order chi connectivity index (χ1) is 9.15. The number of nitrogens with two attached hydrogens (primary N) is 1. The lowest BCUT2D eigenvalue weighted by molar-refractivity contribution is 0.581. The van der Waals surface area contributed by atoms with Gasteiger partial charge in [-0.05, 0) is 31.7 Å². The van der Waals surface area contributed by atoms with E-state index in [1.807, 2.05) is 14.0 Å². The maximum Gasteiger partial charge on any atom is 0.240 e. The van der Waals surface area contributed by atoms with Gasteiger partial charge in [-0.15, -0.1) is 0 Å². The summed E-state index contributed by atoms with van der Waals surface area (Å²) < 4.78 is 47.5. The molecule has 0 bridgehead atoms. The predicted molar refractivity (Wildman–Crippen MR) is 77.1 cm³/mol. The summed E-state index contributed by atoms with van der Waals surface area (Å²) in [5.74, 6) is -0.443. The zero-order valence-corrected chi connectivity index (χ0v) is 13.0. The summed E-state index contributed by atoms with van der Waals surface area (Å²) in [6.45, 7) is 1.70. The minimum absolute atomic E-state index is 0.0824. The number of benzene rings is 1. The molecule has 0 radical (unpaired) electrons. The van der Waals surface area contributed by atoms with E-state index in [0.29, 0.717) is 0 Å². The van der Waals surface area contributed by atoms with Crippen molar-refractivity contribution in [3.63, 3.8) is 0 Å². The van der Waals surface area contributed by atoms with E-state index in [1.165, 1.54) is 12.1 Å². The van der Waals surface area contributed by atoms with Crippen LogP contribution in [0.25, 0.3) is 0 Å². The highest BCUT2D eigenvalue weighted by atomic mass is 32.2. The number of hydrogen-bond donors (Lipinski definition) is 3. The molecular weight excluding hydrogens is 302 g/mol. The molecule has 1 aromatic carbocycles. The molecule has 0 saturated carbocycles. The van der Waals surface area contributed by atoms with Crippen molar-refractivity contribution in [2.24, 2.45) is 5.14 Å². The van der Waals surface area contributed by atoms with E-state index in [1.54, 1.807) is 12.1 Å². The standard InChI is InChI=1S/C11H19N3O4S2/c1-9(13-2)10-3-5-11(6-4-10)20(17,18)14-7-8-19(12,15)16/h3-6,9,13-14H,7-8H2,1-2H3,(H2,12,15,16). The first kappa shape index (κ1) is 17.1. The predicted octanol–water partition coefficient (Wildman–Crippen LogP) is -0.466. The molecular formula is C11H19N3O4S2. The molecule has 0 spiro atoms. The van der Waals surface area contributed by atoms with E-state index in [-0.39, 0.29) is 17.5 Å². The highest BCUT2D eigenvalue weighted by Crippen LogP contribution is 2.15. The summed E-state index contributed by atoms with van der Waals surface area (Å²) in [5, 5.41) is 7.85. The van der Waals surface area contributed by atoms with Gasteiger partial charge in [-0.25, -0.2) is 26.7 Å². The Morgan fingerprint density at radius 1 is 1.15 bits per heavy atom. The van der Waals surface area contributed by atoms with Crippen LogP contribution in [-0.4, -0.2) is 36.2 Å². The second kappa shape index (κ2) is 6.64. The zero-order chi connectivity index (χ0) is 15.4. The Labute approximate surface area is 119 Å². The average Bonchev–Trinajstić information content (AvgIpc) is 2.36. The molecule has 4 N–H and O–H groups in total. The Morgan fingerprint density at radius 2 is 1.70 bits per heavy atom. The SMILES string of the molecule is CNC(C)c1ccc(S(=O)(=O)NCCS(N)(=O)=O)cc1. The number of primary sulfonamides is 1. The van der Waals surface area contributed by atoms with Gasteiger partial charge < -0.3 is 5.32 Å². The van der Waals surface area contributed by atoms with Crippen LogP contribution < -0.4 is 15.2 Å². The molecule has 1 rings (SSSR count). The van der Waals surface area contributed by atoms with E-state index < -0.39 is 25.8 Å². The van der Waals surface area contributed by atoms with Gasteiger partial charge in [0.15, 0.2) is 0 Å². The molecule has 0 aromatic heterocycles. The first-order valence-electron chi connectivity index (χ1n) is 5.93. The van der Waals surface area contributed by atoms with E-state index in [2.05, 4.69) is 10.0 Å². The van der Waals surface area contributed by atoms with Gasteiger partial charge >= 0.3 is 0 Å². The van der Waals surface area contributed by atoms with Crippen molar-refractivity contribution < 1.29 is 16.8 Å². The molecule has 1 atom stereocenters. The maximum absolute atomic E-state index is 11.9. The summed E-state index contributed by atoms with van der Waals surface area (Å²) in [7, 11) is -5.60. The third-order valence-corrected chi connectivity index (χ3v) is 5.05. The van der Waals surface area contributed by atoms with Crippen LogP contribution in [-0.2, 0) is 20.0 Å². The van der Waals surface area contributed by atoms with Crippen LogP contribution in [0.1, 0.15) is 18.5 Å². The third kappa shape index (κ3) is 5.17. The van der Waals surface area contributed by atoms with Crippen LogP contribution in [0.5, 0.6) is 0 Å². The molecule has 0 aliphatic rings. The van der Waals surface area contributed by atoms with E-state index in [9.17, 15) is 16.8 Å². The quantitative estimate of drug-likeness (QED) is 0.627. The van der Waals surface area contributed by atoms with Crippen LogP contribution in [0.4, 0.5) is 0 Å². The van der Waals surface area contributed by atoms with E-state index >= 15 is 0 Å². The first-order valence-corrected chi connectivity index (χ1v) is 9.13. The molecule has 0 aliphatic heterocycles. The molecule has 20 heavy (non-hydrogen) atoms. The molecule has 7 nitrogen and oxygen atoms in total. The molecule has 114 valence electrons. The van der Waals surface area contributed by atoms with Crippen LogP contribution in [0, 0.1) is 0 Å². The van der Waals surface area contributed by atoms with Gasteiger partial charge in [-0.2, -0.15) is 0 Å². The lowest BCUT2D eigenvalue weighted by Crippen LogP contribution is -2.31. The summed E-state index contributed by atoms with van der Waals surface area (Å²) in [6, 6.07) is 6.47. The Kier molecular flexibility index (Phi) is 5.66. The van der Waals surface area contributed by atoms with Crippen molar-refractivity contribution in [1.29, 1.82) is 0 Å². The van der Waals surface area contributed by atoms with Crippen molar-refractivity contribution in [2.45, 2.75) is 17.9 Å². The molecule has 1 aromatic rings. The van der Waals surface area contributed by atoms with E-state index in [0.717, 1.165) is 5.56 Å². The fourth-order valence-corrected chi connectivity index (χ4v) is 3.05. The van der Waals surface area contributed by atoms with Crippen LogP contribution >= 0.6 is 0 Å². The second-order valence-corrected chi connectivity index (χ2v) is 7.85. The lowest BCUT2D eigenvalue weighted by Gasteiger charge is -2.11. The monoisotopic (exact) mass is 321 g/mol. The molecule has 0 aliphatic carbocycles. The Hall–Kier alpha value is -1.00. The van der Waals surface area contributed by atoms with Gasteiger partial charge in [-0.3, -0.25) is 0 Å². The number of nitrogens with one attached hydrogen (secondary N) is 2. The van der Waals surface area contributed by atoms with Crippen molar-refractivity contribution in [3.8, 4) is 0 Å². The topological polar surface area (TPSA) is 118 Å². The fourth-order valence-electron chi connectivity index (χ4n) is 1.50. The Bertz CT molecular complexity index is 639. The molecule has 1 unspecified atom stereocenters. The third-order valence-electron chi connectivity index (χ3n) is 2.80. The maximum atomic E-state index is 11.9. The molecule has 0 amide bonds. The fraction of sp³-hybridized carbons (Fsp3) is 0.455. The number of rotatable bonds is 7. The van der Waals surface area contributed by atoms with Gasteiger partial charge in [0.2, 0.25) is 20.0 Å². The van der Waals surface area contributed by atoms with E-state index in [4.69, 9.17) is 5.14 Å². The van der Waals surface area contributed by atoms with Crippen LogP contribution in [0.3, 0.4) is 0 Å². The summed E-state index contributed by atoms with van der Waals surface area (Å²) in [6.07, 6.45) is 0. The van der Waals surface area contributed by atoms with Crippen molar-refractivity contribution in [1.82, 2.24) is 10.0 Å². The summed E-state index contributed by atoms with van der Waals surface area (Å²) in [5.41, 5.74) is 0.955. The van der Waals surface area contributed by atoms with Crippen molar-refractivity contribution in [2.75, 3.05) is 19.3 Å². The minimum atomic E-state index is -3.72. The normalized spacial score (nSPS) is 14.2. The van der Waals surface area contributed by atoms with Gasteiger partial charge in [-0.1, -0.05) is 12.1 Å². The van der Waals surface area contributed by atoms with Crippen LogP contribution in [0.2, 0.25) is 0 Å². The Morgan fingerprint density at radius 3 is 2.15 bits per heavy atom. The second-order valence-electron chi connectivity index (χ2n) is 4.34. The van der Waals surface area contributed by atoms with Crippen molar-refractivity contribution >= 4 is 20.0 Å². The highest BCUT2D eigenvalue weighted by molar-refractivity contribution is 7.90. The van der Waals surface area contributed by atoms with Gasteiger partial charge in [0.25, 0.3) is 0 Å². The van der Waals surface area contributed by atoms with Crippen LogP contribution in [0.15, 0.2) is 29.2 Å². The average molecular weight is 321 g/mol. The molecule has 9 heteroatoms. The summed E-state index contributed by atoms with van der Waals surface area (Å²) in [4.78, 5) is 0.0824. The molecule has 0 saturated heterocycles. The van der Waals surface area contributed by atoms with Gasteiger partial charge in [0.1, 0.15) is 0 Å². The van der Waals surface area contributed by atoms with Crippen molar-refractivity contribution in [3.05, 3.63) is 29.8 Å². The Balaban J connectivity index is 2.78. The smallest absolute Gasteiger partial charge is 0.240 e. The molecule has 0 heterocycles. The minimum Gasteiger partial charge on any atom is -0.313 e. The van der Waals surface area contributed by atoms with Gasteiger partial charge in [0.05, 0.1) is 10.6 Å². The number of sulfonamides is 2. The number of hydrogen-bond acceptors (Lipinski definition) is 5. The molecule has 0 fully saturated rings. The largest absolute Gasteiger partial charge is 0.313 e. The highest BCUT2D eigenvalue weighted by Gasteiger charge is 2.15. The summed E-state index contributed by atoms with van der Waals surface area (Å²) >= 11 is 0.